The van der Waals surface area contributed by atoms with Crippen molar-refractivity contribution in [3.05, 3.63) is 59.7 Å². The molecular formula is C22H29NO3. The number of ether oxygens (including phenoxy) is 3. The molecule has 1 saturated heterocycles. The highest BCUT2D eigenvalue weighted by Gasteiger charge is 2.12. The zero-order valence-electron chi connectivity index (χ0n) is 15.7. The van der Waals surface area contributed by atoms with Crippen LogP contribution in [0.3, 0.4) is 0 Å². The van der Waals surface area contributed by atoms with Crippen LogP contribution in [0, 0.1) is 0 Å². The molecule has 1 aliphatic heterocycles. The molecule has 2 aromatic rings. The first-order valence-corrected chi connectivity index (χ1v) is 9.57. The summed E-state index contributed by atoms with van der Waals surface area (Å²) in [5, 5.41) is 0. The molecule has 0 spiro atoms. The molecule has 0 aliphatic carbocycles. The summed E-state index contributed by atoms with van der Waals surface area (Å²) in [6.07, 6.45) is 2.23. The van der Waals surface area contributed by atoms with E-state index in [1.807, 2.05) is 24.3 Å². The molecule has 140 valence electrons. The second-order valence-corrected chi connectivity index (χ2v) is 6.62. The third-order valence-corrected chi connectivity index (χ3v) is 4.60. The number of unbranched alkanes of at least 4 members (excludes halogenated alkanes) is 1. The van der Waals surface area contributed by atoms with Crippen LogP contribution in [0.25, 0.3) is 0 Å². The van der Waals surface area contributed by atoms with Crippen LogP contribution in [-0.4, -0.2) is 37.8 Å². The van der Waals surface area contributed by atoms with Gasteiger partial charge in [-0.25, -0.2) is 0 Å². The number of benzene rings is 2. The van der Waals surface area contributed by atoms with Crippen molar-refractivity contribution < 1.29 is 14.2 Å². The van der Waals surface area contributed by atoms with Crippen LogP contribution in [-0.2, 0) is 17.9 Å². The van der Waals surface area contributed by atoms with Gasteiger partial charge in [0.15, 0.2) is 0 Å². The van der Waals surface area contributed by atoms with Crippen LogP contribution < -0.4 is 9.47 Å². The number of morpholine rings is 1. The number of hydrogen-bond donors (Lipinski definition) is 0. The van der Waals surface area contributed by atoms with E-state index in [0.717, 1.165) is 63.8 Å². The summed E-state index contributed by atoms with van der Waals surface area (Å²) in [4.78, 5) is 2.44. The summed E-state index contributed by atoms with van der Waals surface area (Å²) >= 11 is 0. The standard InChI is InChI=1S/C22H29NO3/c1-2-3-14-25-21-8-10-22(11-9-21)26-18-20-7-5-4-6-19(20)17-23-12-15-24-16-13-23/h4-11H,2-3,12-18H2,1H3. The fourth-order valence-corrected chi connectivity index (χ4v) is 2.98. The lowest BCUT2D eigenvalue weighted by Crippen LogP contribution is -2.35. The van der Waals surface area contributed by atoms with E-state index in [0.29, 0.717) is 6.61 Å². The van der Waals surface area contributed by atoms with Crippen LogP contribution in [0.4, 0.5) is 0 Å². The average Bonchev–Trinajstić information content (AvgIpc) is 2.69. The molecule has 4 nitrogen and oxygen atoms in total. The van der Waals surface area contributed by atoms with Gasteiger partial charge in [-0.2, -0.15) is 0 Å². The van der Waals surface area contributed by atoms with Crippen LogP contribution in [0.5, 0.6) is 11.5 Å². The zero-order chi connectivity index (χ0) is 18.0. The topological polar surface area (TPSA) is 30.9 Å². The second-order valence-electron chi connectivity index (χ2n) is 6.62. The Morgan fingerprint density at radius 1 is 0.885 bits per heavy atom. The summed E-state index contributed by atoms with van der Waals surface area (Å²) in [5.74, 6) is 1.77. The van der Waals surface area contributed by atoms with E-state index in [2.05, 4.69) is 36.1 Å². The van der Waals surface area contributed by atoms with Crippen molar-refractivity contribution >= 4 is 0 Å². The molecule has 1 fully saturated rings. The molecule has 0 amide bonds. The molecule has 26 heavy (non-hydrogen) atoms. The molecule has 2 aromatic carbocycles. The van der Waals surface area contributed by atoms with Gasteiger partial charge in [0.25, 0.3) is 0 Å². The van der Waals surface area contributed by atoms with E-state index in [1.54, 1.807) is 0 Å². The van der Waals surface area contributed by atoms with E-state index in [9.17, 15) is 0 Å². The molecule has 0 N–H and O–H groups in total. The molecule has 0 aromatic heterocycles. The van der Waals surface area contributed by atoms with Gasteiger partial charge < -0.3 is 14.2 Å². The van der Waals surface area contributed by atoms with Crippen molar-refractivity contribution in [2.45, 2.75) is 32.9 Å². The molecule has 0 atom stereocenters. The Balaban J connectivity index is 1.54. The smallest absolute Gasteiger partial charge is 0.120 e. The third-order valence-electron chi connectivity index (χ3n) is 4.60. The summed E-state index contributed by atoms with van der Waals surface area (Å²) < 4.78 is 17.1. The highest BCUT2D eigenvalue weighted by Crippen LogP contribution is 2.20. The maximum Gasteiger partial charge on any atom is 0.120 e. The molecule has 1 heterocycles. The fourth-order valence-electron chi connectivity index (χ4n) is 2.98. The monoisotopic (exact) mass is 355 g/mol. The molecule has 0 saturated carbocycles. The van der Waals surface area contributed by atoms with Gasteiger partial charge >= 0.3 is 0 Å². The van der Waals surface area contributed by atoms with Crippen LogP contribution in [0.2, 0.25) is 0 Å². The Labute approximate surface area is 156 Å². The van der Waals surface area contributed by atoms with Crippen LogP contribution >= 0.6 is 0 Å². The van der Waals surface area contributed by atoms with Gasteiger partial charge in [0.1, 0.15) is 18.1 Å². The average molecular weight is 355 g/mol. The van der Waals surface area contributed by atoms with Crippen molar-refractivity contribution in [3.63, 3.8) is 0 Å². The quantitative estimate of drug-likeness (QED) is 0.628. The van der Waals surface area contributed by atoms with Gasteiger partial charge in [0, 0.05) is 19.6 Å². The Kier molecular flexibility index (Phi) is 7.35. The van der Waals surface area contributed by atoms with Crippen LogP contribution in [0.1, 0.15) is 30.9 Å². The van der Waals surface area contributed by atoms with E-state index in [-0.39, 0.29) is 0 Å². The molecule has 1 aliphatic rings. The zero-order valence-corrected chi connectivity index (χ0v) is 15.7. The largest absolute Gasteiger partial charge is 0.494 e. The number of nitrogens with zero attached hydrogens (tertiary/aromatic N) is 1. The molecule has 4 heteroatoms. The first-order chi connectivity index (χ1) is 12.8. The Morgan fingerprint density at radius 3 is 2.23 bits per heavy atom. The normalized spacial score (nSPS) is 15.0. The van der Waals surface area contributed by atoms with Gasteiger partial charge in [-0.15, -0.1) is 0 Å². The molecular weight excluding hydrogens is 326 g/mol. The summed E-state index contributed by atoms with van der Waals surface area (Å²) in [6, 6.07) is 16.4. The number of rotatable bonds is 9. The molecule has 0 bridgehead atoms. The third kappa shape index (κ3) is 5.75. The lowest BCUT2D eigenvalue weighted by atomic mass is 10.1. The van der Waals surface area contributed by atoms with Gasteiger partial charge in [0.05, 0.1) is 19.8 Å². The van der Waals surface area contributed by atoms with E-state index in [4.69, 9.17) is 14.2 Å². The Morgan fingerprint density at radius 2 is 1.54 bits per heavy atom. The van der Waals surface area contributed by atoms with Crippen molar-refractivity contribution in [1.82, 2.24) is 4.90 Å². The van der Waals surface area contributed by atoms with Crippen molar-refractivity contribution in [3.8, 4) is 11.5 Å². The van der Waals surface area contributed by atoms with Gasteiger partial charge in [-0.1, -0.05) is 37.6 Å². The molecule has 3 rings (SSSR count). The highest BCUT2D eigenvalue weighted by molar-refractivity contribution is 5.32. The minimum Gasteiger partial charge on any atom is -0.494 e. The second kappa shape index (κ2) is 10.2. The van der Waals surface area contributed by atoms with E-state index < -0.39 is 0 Å². The Bertz CT molecular complexity index is 651. The fraction of sp³-hybridized carbons (Fsp3) is 0.455. The lowest BCUT2D eigenvalue weighted by Gasteiger charge is -2.27. The van der Waals surface area contributed by atoms with Gasteiger partial charge in [-0.05, 0) is 41.8 Å². The highest BCUT2D eigenvalue weighted by atomic mass is 16.5. The van der Waals surface area contributed by atoms with Crippen molar-refractivity contribution in [1.29, 1.82) is 0 Å². The molecule has 0 unspecified atom stereocenters. The van der Waals surface area contributed by atoms with Crippen molar-refractivity contribution in [2.75, 3.05) is 32.9 Å². The summed E-state index contributed by atoms with van der Waals surface area (Å²) in [5.41, 5.74) is 2.57. The van der Waals surface area contributed by atoms with Crippen LogP contribution in [0.15, 0.2) is 48.5 Å². The maximum absolute atomic E-state index is 6.00. The minimum atomic E-state index is 0.580. The predicted octanol–water partition coefficient (Wildman–Crippen LogP) is 4.28. The summed E-state index contributed by atoms with van der Waals surface area (Å²) in [6.45, 7) is 8.10. The van der Waals surface area contributed by atoms with Gasteiger partial charge in [0.2, 0.25) is 0 Å². The van der Waals surface area contributed by atoms with E-state index >= 15 is 0 Å². The number of hydrogen-bond acceptors (Lipinski definition) is 4. The minimum absolute atomic E-state index is 0.580. The first-order valence-electron chi connectivity index (χ1n) is 9.57. The predicted molar refractivity (Wildman–Crippen MR) is 104 cm³/mol. The molecule has 0 radical (unpaired) electrons. The summed E-state index contributed by atoms with van der Waals surface area (Å²) in [7, 11) is 0. The van der Waals surface area contributed by atoms with Gasteiger partial charge in [-0.3, -0.25) is 4.90 Å². The lowest BCUT2D eigenvalue weighted by molar-refractivity contribution is 0.0339. The Hall–Kier alpha value is -2.04. The van der Waals surface area contributed by atoms with E-state index in [1.165, 1.54) is 11.1 Å². The maximum atomic E-state index is 6.00. The van der Waals surface area contributed by atoms with Crippen molar-refractivity contribution in [2.24, 2.45) is 0 Å². The first kappa shape index (κ1) is 18.7. The SMILES string of the molecule is CCCCOc1ccc(OCc2ccccc2CN2CCOCC2)cc1.